The molecule has 7 heteroatoms. The number of amides is 2. The highest BCUT2D eigenvalue weighted by Crippen LogP contribution is 2.26. The lowest BCUT2D eigenvalue weighted by Crippen LogP contribution is -2.28. The zero-order valence-corrected chi connectivity index (χ0v) is 11.0. The van der Waals surface area contributed by atoms with Crippen molar-refractivity contribution in [1.82, 2.24) is 5.16 Å². The minimum absolute atomic E-state index is 0.120. The standard InChI is InChI=1S/C14H12FN3O3/c15-10-1-3-12(4-2-10)18-7-9(5-13(18)19)14(20)17-11-6-16-21-8-11/h1-4,6,8-9H,5,7H2,(H,17,20)/t9-/m1/s1. The summed E-state index contributed by atoms with van der Waals surface area (Å²) < 4.78 is 17.5. The van der Waals surface area contributed by atoms with Gasteiger partial charge in [-0.15, -0.1) is 0 Å². The van der Waals surface area contributed by atoms with Crippen LogP contribution in [-0.2, 0) is 9.59 Å². The average molecular weight is 289 g/mol. The lowest BCUT2D eigenvalue weighted by atomic mass is 10.1. The minimum atomic E-state index is -0.461. The number of anilines is 2. The van der Waals surface area contributed by atoms with Gasteiger partial charge in [0.05, 0.1) is 12.1 Å². The van der Waals surface area contributed by atoms with Gasteiger partial charge >= 0.3 is 0 Å². The SMILES string of the molecule is O=C(Nc1cnoc1)[C@@H]1CC(=O)N(c2ccc(F)cc2)C1. The Morgan fingerprint density at radius 2 is 2.14 bits per heavy atom. The maximum absolute atomic E-state index is 12.9. The van der Waals surface area contributed by atoms with Gasteiger partial charge in [0, 0.05) is 18.7 Å². The molecule has 1 atom stereocenters. The van der Waals surface area contributed by atoms with E-state index in [9.17, 15) is 14.0 Å². The molecule has 1 aromatic heterocycles. The molecule has 108 valence electrons. The van der Waals surface area contributed by atoms with Crippen LogP contribution in [-0.4, -0.2) is 23.5 Å². The molecule has 2 heterocycles. The summed E-state index contributed by atoms with van der Waals surface area (Å²) >= 11 is 0. The second-order valence-electron chi connectivity index (χ2n) is 4.78. The summed E-state index contributed by atoms with van der Waals surface area (Å²) in [4.78, 5) is 25.6. The molecule has 0 aliphatic carbocycles. The summed E-state index contributed by atoms with van der Waals surface area (Å²) in [7, 11) is 0. The van der Waals surface area contributed by atoms with Crippen LogP contribution in [0.4, 0.5) is 15.8 Å². The summed E-state index contributed by atoms with van der Waals surface area (Å²) in [6.45, 7) is 0.265. The molecule has 2 aromatic rings. The quantitative estimate of drug-likeness (QED) is 0.935. The van der Waals surface area contributed by atoms with Gasteiger partial charge in [0.15, 0.2) is 0 Å². The molecule has 3 rings (SSSR count). The fourth-order valence-corrected chi connectivity index (χ4v) is 2.26. The molecule has 1 aliphatic rings. The van der Waals surface area contributed by atoms with Crippen LogP contribution in [0.15, 0.2) is 41.2 Å². The van der Waals surface area contributed by atoms with Gasteiger partial charge < -0.3 is 14.7 Å². The summed E-state index contributed by atoms with van der Waals surface area (Å²) in [5, 5.41) is 6.12. The molecule has 0 saturated carbocycles. The predicted octanol–water partition coefficient (Wildman–Crippen LogP) is 1.81. The van der Waals surface area contributed by atoms with Crippen molar-refractivity contribution >= 4 is 23.2 Å². The fraction of sp³-hybridized carbons (Fsp3) is 0.214. The van der Waals surface area contributed by atoms with Crippen LogP contribution in [0, 0.1) is 11.7 Å². The maximum Gasteiger partial charge on any atom is 0.229 e. The number of rotatable bonds is 3. The molecule has 2 amide bonds. The van der Waals surface area contributed by atoms with Crippen LogP contribution in [0.1, 0.15) is 6.42 Å². The predicted molar refractivity (Wildman–Crippen MR) is 72.0 cm³/mol. The van der Waals surface area contributed by atoms with E-state index in [0.29, 0.717) is 11.4 Å². The monoisotopic (exact) mass is 289 g/mol. The Labute approximate surface area is 119 Å². The number of carbonyl (C=O) groups is 2. The third-order valence-electron chi connectivity index (χ3n) is 3.33. The van der Waals surface area contributed by atoms with E-state index in [1.165, 1.54) is 41.6 Å². The van der Waals surface area contributed by atoms with E-state index < -0.39 is 5.92 Å². The molecule has 1 aromatic carbocycles. The van der Waals surface area contributed by atoms with Gasteiger partial charge in [-0.25, -0.2) is 4.39 Å². The zero-order valence-electron chi connectivity index (χ0n) is 11.0. The van der Waals surface area contributed by atoms with E-state index in [1.807, 2.05) is 0 Å². The Morgan fingerprint density at radius 3 is 2.81 bits per heavy atom. The Morgan fingerprint density at radius 1 is 1.38 bits per heavy atom. The van der Waals surface area contributed by atoms with Gasteiger partial charge in [-0.2, -0.15) is 0 Å². The van der Waals surface area contributed by atoms with Gasteiger partial charge in [-0.3, -0.25) is 9.59 Å². The van der Waals surface area contributed by atoms with Gasteiger partial charge in [0.2, 0.25) is 11.8 Å². The van der Waals surface area contributed by atoms with E-state index in [2.05, 4.69) is 15.0 Å². The Balaban J connectivity index is 1.69. The Hall–Kier alpha value is -2.70. The third-order valence-corrected chi connectivity index (χ3v) is 3.33. The topological polar surface area (TPSA) is 75.4 Å². The number of hydrogen-bond donors (Lipinski definition) is 1. The van der Waals surface area contributed by atoms with E-state index in [-0.39, 0.29) is 30.6 Å². The van der Waals surface area contributed by atoms with Crippen molar-refractivity contribution in [1.29, 1.82) is 0 Å². The molecule has 1 aliphatic heterocycles. The van der Waals surface area contributed by atoms with Crippen LogP contribution in [0.5, 0.6) is 0 Å². The lowest BCUT2D eigenvalue weighted by Gasteiger charge is -2.16. The first-order valence-corrected chi connectivity index (χ1v) is 6.39. The second kappa shape index (κ2) is 5.35. The first kappa shape index (κ1) is 13.3. The summed E-state index contributed by atoms with van der Waals surface area (Å²) in [5.41, 5.74) is 1.04. The summed E-state index contributed by atoms with van der Waals surface area (Å²) in [6.07, 6.45) is 2.81. The average Bonchev–Trinajstić information content (AvgIpc) is 3.09. The summed E-state index contributed by atoms with van der Waals surface area (Å²) in [5.74, 6) is -1.26. The molecular formula is C14H12FN3O3. The highest BCUT2D eigenvalue weighted by atomic mass is 19.1. The molecule has 0 bridgehead atoms. The Bertz CT molecular complexity index is 655. The Kier molecular flexibility index (Phi) is 3.39. The highest BCUT2D eigenvalue weighted by molar-refractivity contribution is 6.03. The molecule has 6 nitrogen and oxygen atoms in total. The van der Waals surface area contributed by atoms with Gasteiger partial charge in [-0.1, -0.05) is 5.16 Å². The van der Waals surface area contributed by atoms with Crippen LogP contribution in [0.2, 0.25) is 0 Å². The number of halogens is 1. The second-order valence-corrected chi connectivity index (χ2v) is 4.78. The van der Waals surface area contributed by atoms with Crippen molar-refractivity contribution in [3.8, 4) is 0 Å². The summed E-state index contributed by atoms with van der Waals surface area (Å²) in [6, 6.07) is 5.61. The van der Waals surface area contributed by atoms with Crippen LogP contribution >= 0.6 is 0 Å². The number of hydrogen-bond acceptors (Lipinski definition) is 4. The molecule has 0 radical (unpaired) electrons. The lowest BCUT2D eigenvalue weighted by molar-refractivity contribution is -0.122. The van der Waals surface area contributed by atoms with Crippen LogP contribution in [0.3, 0.4) is 0 Å². The first-order valence-electron chi connectivity index (χ1n) is 6.39. The van der Waals surface area contributed by atoms with Crippen LogP contribution in [0.25, 0.3) is 0 Å². The maximum atomic E-state index is 12.9. The molecule has 1 N–H and O–H groups in total. The van der Waals surface area contributed by atoms with Crippen molar-refractivity contribution < 1.29 is 18.5 Å². The van der Waals surface area contributed by atoms with Crippen molar-refractivity contribution in [2.75, 3.05) is 16.8 Å². The number of nitrogens with one attached hydrogen (secondary N) is 1. The number of benzene rings is 1. The number of aromatic nitrogens is 1. The highest BCUT2D eigenvalue weighted by Gasteiger charge is 2.35. The van der Waals surface area contributed by atoms with E-state index in [0.717, 1.165) is 0 Å². The first-order chi connectivity index (χ1) is 10.1. The van der Waals surface area contributed by atoms with Gasteiger partial charge in [-0.05, 0) is 24.3 Å². The fourth-order valence-electron chi connectivity index (χ4n) is 2.26. The number of carbonyl (C=O) groups excluding carboxylic acids is 2. The molecule has 21 heavy (non-hydrogen) atoms. The number of nitrogens with zero attached hydrogens (tertiary/aromatic N) is 2. The van der Waals surface area contributed by atoms with Crippen molar-refractivity contribution in [3.05, 3.63) is 42.5 Å². The molecule has 1 fully saturated rings. The van der Waals surface area contributed by atoms with Gasteiger partial charge in [0.25, 0.3) is 0 Å². The van der Waals surface area contributed by atoms with Crippen molar-refractivity contribution in [2.24, 2.45) is 5.92 Å². The van der Waals surface area contributed by atoms with Crippen LogP contribution < -0.4 is 10.2 Å². The third kappa shape index (κ3) is 2.76. The molecule has 1 saturated heterocycles. The normalized spacial score (nSPS) is 18.0. The minimum Gasteiger partial charge on any atom is -0.363 e. The smallest absolute Gasteiger partial charge is 0.229 e. The molecular weight excluding hydrogens is 277 g/mol. The molecule has 0 unspecified atom stereocenters. The largest absolute Gasteiger partial charge is 0.363 e. The van der Waals surface area contributed by atoms with Gasteiger partial charge in [0.1, 0.15) is 17.8 Å². The zero-order chi connectivity index (χ0) is 14.8. The van der Waals surface area contributed by atoms with Crippen molar-refractivity contribution in [2.45, 2.75) is 6.42 Å². The molecule has 0 spiro atoms. The van der Waals surface area contributed by atoms with E-state index >= 15 is 0 Å². The van der Waals surface area contributed by atoms with Crippen molar-refractivity contribution in [3.63, 3.8) is 0 Å². The van der Waals surface area contributed by atoms with E-state index in [1.54, 1.807) is 0 Å². The van der Waals surface area contributed by atoms with E-state index in [4.69, 9.17) is 0 Å².